The molecule has 0 spiro atoms. The molecule has 1 aliphatic carbocycles. The average Bonchev–Trinajstić information content (AvgIpc) is 3.15. The molecule has 0 amide bonds. The monoisotopic (exact) mass is 510 g/mol. The standard InChI is InChI=1S/C31H27ClN2O3/c32-25-7-10-27-23(17-25)6-5-22-2-1-13-33-31(22)30(27)21-11-14-34(15-12-21)19-24-18-29(36)37-28(24)16-20-3-8-26(35)9-4-20/h1-4,7-10,13,16-18,35H,5-6,11-12,14-15,19H2/b28-16-. The summed E-state index contributed by atoms with van der Waals surface area (Å²) in [4.78, 5) is 19.3. The molecule has 0 unspecified atom stereocenters. The number of benzene rings is 2. The second-order valence-corrected chi connectivity index (χ2v) is 10.2. The molecule has 1 N–H and O–H groups in total. The van der Waals surface area contributed by atoms with Gasteiger partial charge in [-0.1, -0.05) is 41.4 Å². The second-order valence-electron chi connectivity index (χ2n) is 9.76. The van der Waals surface area contributed by atoms with Crippen molar-refractivity contribution in [3.8, 4) is 5.75 Å². The minimum atomic E-state index is -0.337. The Balaban J connectivity index is 1.25. The summed E-state index contributed by atoms with van der Waals surface area (Å²) >= 11 is 6.36. The highest BCUT2D eigenvalue weighted by atomic mass is 35.5. The van der Waals surface area contributed by atoms with Crippen molar-refractivity contribution in [1.29, 1.82) is 0 Å². The zero-order valence-electron chi connectivity index (χ0n) is 20.4. The molecule has 0 saturated carbocycles. The number of aromatic nitrogens is 1. The molecule has 1 fully saturated rings. The number of nitrogens with zero attached hydrogens (tertiary/aromatic N) is 2. The first kappa shape index (κ1) is 23.7. The highest BCUT2D eigenvalue weighted by Gasteiger charge is 2.27. The van der Waals surface area contributed by atoms with Crippen LogP contribution in [0.5, 0.6) is 5.75 Å². The molecule has 186 valence electrons. The van der Waals surface area contributed by atoms with E-state index in [4.69, 9.17) is 21.3 Å². The molecule has 0 atom stereocenters. The van der Waals surface area contributed by atoms with Gasteiger partial charge in [0.15, 0.2) is 0 Å². The van der Waals surface area contributed by atoms with Crippen LogP contribution in [0.15, 0.2) is 83.8 Å². The van der Waals surface area contributed by atoms with E-state index in [0.29, 0.717) is 12.3 Å². The van der Waals surface area contributed by atoms with Crippen molar-refractivity contribution in [2.75, 3.05) is 19.6 Å². The van der Waals surface area contributed by atoms with Crippen LogP contribution in [0, 0.1) is 0 Å². The number of halogens is 1. The van der Waals surface area contributed by atoms with E-state index in [0.717, 1.165) is 60.6 Å². The average molecular weight is 511 g/mol. The summed E-state index contributed by atoms with van der Waals surface area (Å²) in [7, 11) is 0. The van der Waals surface area contributed by atoms with E-state index in [1.807, 2.05) is 24.4 Å². The summed E-state index contributed by atoms with van der Waals surface area (Å²) in [6.45, 7) is 2.43. The number of esters is 1. The molecule has 2 aliphatic heterocycles. The Hall–Kier alpha value is -3.67. The number of hydrogen-bond acceptors (Lipinski definition) is 5. The fourth-order valence-electron chi connectivity index (χ4n) is 5.49. The Labute approximate surface area is 221 Å². The maximum Gasteiger partial charge on any atom is 0.336 e. The zero-order chi connectivity index (χ0) is 25.4. The van der Waals surface area contributed by atoms with E-state index < -0.39 is 0 Å². The summed E-state index contributed by atoms with van der Waals surface area (Å²) in [5, 5.41) is 10.3. The molecule has 2 aromatic carbocycles. The number of rotatable bonds is 3. The number of pyridine rings is 1. The molecule has 0 bridgehead atoms. The maximum atomic E-state index is 12.1. The quantitative estimate of drug-likeness (QED) is 0.440. The zero-order valence-corrected chi connectivity index (χ0v) is 21.2. The highest BCUT2D eigenvalue weighted by Crippen LogP contribution is 2.38. The summed E-state index contributed by atoms with van der Waals surface area (Å²) in [6, 6.07) is 17.3. The Morgan fingerprint density at radius 2 is 1.78 bits per heavy atom. The lowest BCUT2D eigenvalue weighted by atomic mass is 9.88. The first-order valence-corrected chi connectivity index (χ1v) is 13.0. The van der Waals surface area contributed by atoms with Gasteiger partial charge >= 0.3 is 5.97 Å². The van der Waals surface area contributed by atoms with Gasteiger partial charge in [-0.25, -0.2) is 4.79 Å². The van der Waals surface area contributed by atoms with Crippen molar-refractivity contribution in [1.82, 2.24) is 9.88 Å². The van der Waals surface area contributed by atoms with Gasteiger partial charge in [0.2, 0.25) is 0 Å². The molecule has 1 aromatic heterocycles. The smallest absolute Gasteiger partial charge is 0.336 e. The Kier molecular flexibility index (Phi) is 6.41. The van der Waals surface area contributed by atoms with E-state index >= 15 is 0 Å². The second kappa shape index (κ2) is 10.0. The molecule has 3 aliphatic rings. The molecule has 6 heteroatoms. The molecule has 3 aromatic rings. The normalized spacial score (nSPS) is 18.8. The number of cyclic esters (lactones) is 1. The molecule has 0 radical (unpaired) electrons. The molecule has 1 saturated heterocycles. The van der Waals surface area contributed by atoms with Crippen LogP contribution in [0.25, 0.3) is 11.6 Å². The third-order valence-corrected chi connectivity index (χ3v) is 7.58. The van der Waals surface area contributed by atoms with Crippen LogP contribution in [-0.2, 0) is 22.4 Å². The van der Waals surface area contributed by atoms with Crippen molar-refractivity contribution in [2.24, 2.45) is 0 Å². The Bertz CT molecular complexity index is 1460. The predicted octanol–water partition coefficient (Wildman–Crippen LogP) is 5.96. The highest BCUT2D eigenvalue weighted by molar-refractivity contribution is 6.30. The number of fused-ring (bicyclic) bond motifs is 2. The number of hydrogen-bond donors (Lipinski definition) is 1. The van der Waals surface area contributed by atoms with Gasteiger partial charge in [-0.3, -0.25) is 9.88 Å². The van der Waals surface area contributed by atoms with Gasteiger partial charge in [0, 0.05) is 48.1 Å². The van der Waals surface area contributed by atoms with Crippen molar-refractivity contribution in [2.45, 2.75) is 25.7 Å². The van der Waals surface area contributed by atoms with E-state index in [2.05, 4.69) is 23.1 Å². The third kappa shape index (κ3) is 4.97. The van der Waals surface area contributed by atoms with Crippen LogP contribution in [0.1, 0.15) is 40.8 Å². The number of aromatic hydroxyl groups is 1. The third-order valence-electron chi connectivity index (χ3n) is 7.35. The van der Waals surface area contributed by atoms with Crippen molar-refractivity contribution < 1.29 is 14.6 Å². The van der Waals surface area contributed by atoms with Crippen molar-refractivity contribution in [3.63, 3.8) is 0 Å². The van der Waals surface area contributed by atoms with Gasteiger partial charge in [0.25, 0.3) is 0 Å². The van der Waals surface area contributed by atoms with Gasteiger partial charge in [-0.05, 0) is 84.3 Å². The van der Waals surface area contributed by atoms with Crippen LogP contribution in [0.2, 0.25) is 5.02 Å². The number of phenolic OH excluding ortho intramolecular Hbond substituents is 1. The molecular weight excluding hydrogens is 484 g/mol. The van der Waals surface area contributed by atoms with Gasteiger partial charge in [-0.15, -0.1) is 0 Å². The Morgan fingerprint density at radius 3 is 2.59 bits per heavy atom. The van der Waals surface area contributed by atoms with Gasteiger partial charge in [0.05, 0.1) is 5.69 Å². The number of aryl methyl sites for hydroxylation is 2. The Morgan fingerprint density at radius 1 is 1.00 bits per heavy atom. The number of phenols is 1. The molecule has 37 heavy (non-hydrogen) atoms. The lowest BCUT2D eigenvalue weighted by Crippen LogP contribution is -2.33. The van der Waals surface area contributed by atoms with Gasteiger partial charge < -0.3 is 9.84 Å². The minimum absolute atomic E-state index is 0.205. The van der Waals surface area contributed by atoms with Gasteiger partial charge in [-0.2, -0.15) is 0 Å². The lowest BCUT2D eigenvalue weighted by molar-refractivity contribution is -0.132. The minimum Gasteiger partial charge on any atom is -0.508 e. The van der Waals surface area contributed by atoms with E-state index in [1.54, 1.807) is 30.3 Å². The van der Waals surface area contributed by atoms with Crippen LogP contribution in [0.4, 0.5) is 0 Å². The summed E-state index contributed by atoms with van der Waals surface area (Å²) in [5.41, 5.74) is 9.38. The lowest BCUT2D eigenvalue weighted by Gasteiger charge is -2.30. The largest absolute Gasteiger partial charge is 0.508 e. The van der Waals surface area contributed by atoms with Crippen LogP contribution < -0.4 is 0 Å². The van der Waals surface area contributed by atoms with E-state index in [1.165, 1.54) is 27.8 Å². The molecular formula is C31H27ClN2O3. The van der Waals surface area contributed by atoms with Crippen LogP contribution >= 0.6 is 11.6 Å². The number of piperidine rings is 1. The van der Waals surface area contributed by atoms with Crippen LogP contribution in [0.3, 0.4) is 0 Å². The van der Waals surface area contributed by atoms with Crippen molar-refractivity contribution >= 4 is 29.2 Å². The molecule has 5 nitrogen and oxygen atoms in total. The van der Waals surface area contributed by atoms with E-state index in [9.17, 15) is 9.90 Å². The molecule has 3 heterocycles. The van der Waals surface area contributed by atoms with Gasteiger partial charge in [0.1, 0.15) is 11.5 Å². The number of ether oxygens (including phenoxy) is 1. The van der Waals surface area contributed by atoms with E-state index in [-0.39, 0.29) is 11.7 Å². The first-order chi connectivity index (χ1) is 18.0. The SMILES string of the molecule is O=C1C=C(CN2CCC(=C3c4ccc(Cl)cc4CCc4cccnc43)CC2)/C(=C/c2ccc(O)cc2)O1. The predicted molar refractivity (Wildman–Crippen MR) is 145 cm³/mol. The topological polar surface area (TPSA) is 62.7 Å². The fraction of sp³-hybridized carbons (Fsp3) is 0.226. The van der Waals surface area contributed by atoms with Crippen LogP contribution in [-0.4, -0.2) is 40.6 Å². The number of likely N-dealkylation sites (tertiary alicyclic amines) is 1. The summed E-state index contributed by atoms with van der Waals surface area (Å²) in [6.07, 6.45) is 9.11. The maximum absolute atomic E-state index is 12.1. The summed E-state index contributed by atoms with van der Waals surface area (Å²) < 4.78 is 5.48. The molecule has 6 rings (SSSR count). The first-order valence-electron chi connectivity index (χ1n) is 12.6. The number of carbonyl (C=O) groups excluding carboxylic acids is 1. The fourth-order valence-corrected chi connectivity index (χ4v) is 5.68. The summed E-state index contributed by atoms with van der Waals surface area (Å²) in [5.74, 6) is 0.445. The van der Waals surface area contributed by atoms with Crippen molar-refractivity contribution in [3.05, 3.63) is 117 Å². The number of carbonyl (C=O) groups is 1.